The van der Waals surface area contributed by atoms with Gasteiger partial charge in [0.1, 0.15) is 4.32 Å². The van der Waals surface area contributed by atoms with Crippen LogP contribution in [0.4, 0.5) is 8.78 Å². The fourth-order valence-electron chi connectivity index (χ4n) is 3.13. The summed E-state index contributed by atoms with van der Waals surface area (Å²) >= 11 is 6.50. The van der Waals surface area contributed by atoms with Gasteiger partial charge in [-0.3, -0.25) is 14.6 Å². The van der Waals surface area contributed by atoms with Crippen molar-refractivity contribution >= 4 is 40.3 Å². The third-order valence-corrected chi connectivity index (χ3v) is 5.93. The molecule has 158 valence electrons. The fourth-order valence-corrected chi connectivity index (χ4v) is 4.43. The molecule has 0 spiro atoms. The number of amides is 1. The van der Waals surface area contributed by atoms with Gasteiger partial charge in [-0.15, -0.1) is 0 Å². The highest BCUT2D eigenvalue weighted by Crippen LogP contribution is 2.38. The van der Waals surface area contributed by atoms with Gasteiger partial charge in [-0.1, -0.05) is 36.1 Å². The number of carbonyl (C=O) groups excluding carboxylic acids is 1. The number of methoxy groups -OCH3 is 1. The number of halogens is 2. The van der Waals surface area contributed by atoms with E-state index in [-0.39, 0.29) is 17.4 Å². The van der Waals surface area contributed by atoms with Crippen LogP contribution in [-0.2, 0) is 9.53 Å². The van der Waals surface area contributed by atoms with Crippen molar-refractivity contribution < 1.29 is 27.8 Å². The van der Waals surface area contributed by atoms with E-state index in [9.17, 15) is 13.6 Å². The first-order valence-corrected chi connectivity index (χ1v) is 10.4. The maximum Gasteiger partial charge on any atom is 0.387 e. The first kappa shape index (κ1) is 21.9. The Morgan fingerprint density at radius 1 is 1.31 bits per heavy atom. The van der Waals surface area contributed by atoms with Crippen molar-refractivity contribution in [3.63, 3.8) is 0 Å². The molecule has 0 aliphatic carbocycles. The number of thioether (sulfide) groups is 1. The summed E-state index contributed by atoms with van der Waals surface area (Å²) in [6.45, 7) is 1.61. The largest absolute Gasteiger partial charge is 0.493 e. The molecule has 2 heterocycles. The summed E-state index contributed by atoms with van der Waals surface area (Å²) in [6, 6.07) is 4.75. The molecule has 2 fully saturated rings. The van der Waals surface area contributed by atoms with Crippen molar-refractivity contribution in [3.05, 3.63) is 28.7 Å². The number of para-hydroxylation sites is 1. The summed E-state index contributed by atoms with van der Waals surface area (Å²) in [7, 11) is 1.37. The zero-order valence-corrected chi connectivity index (χ0v) is 17.6. The van der Waals surface area contributed by atoms with Crippen LogP contribution in [0.1, 0.15) is 12.0 Å². The summed E-state index contributed by atoms with van der Waals surface area (Å²) in [5, 5.41) is 0. The Bertz CT molecular complexity index is 785. The van der Waals surface area contributed by atoms with Gasteiger partial charge in [-0.05, 0) is 18.6 Å². The van der Waals surface area contributed by atoms with Crippen molar-refractivity contribution in [2.75, 3.05) is 46.5 Å². The summed E-state index contributed by atoms with van der Waals surface area (Å²) in [6.07, 6.45) is 2.31. The number of benzene rings is 1. The minimum Gasteiger partial charge on any atom is -0.493 e. The van der Waals surface area contributed by atoms with E-state index in [1.54, 1.807) is 17.0 Å². The smallest absolute Gasteiger partial charge is 0.387 e. The number of ether oxygens (including phenoxy) is 3. The van der Waals surface area contributed by atoms with Gasteiger partial charge in [0.05, 0.1) is 25.2 Å². The molecule has 0 aromatic heterocycles. The van der Waals surface area contributed by atoms with E-state index in [2.05, 4.69) is 9.64 Å². The third kappa shape index (κ3) is 5.65. The van der Waals surface area contributed by atoms with Gasteiger partial charge >= 0.3 is 6.61 Å². The van der Waals surface area contributed by atoms with Crippen LogP contribution in [0.2, 0.25) is 0 Å². The third-order valence-electron chi connectivity index (χ3n) is 4.56. The maximum absolute atomic E-state index is 12.8. The molecular weight excluding hydrogens is 422 g/mol. The van der Waals surface area contributed by atoms with Crippen LogP contribution < -0.4 is 9.47 Å². The molecular formula is C19H22F2N2O4S2. The number of morpholine rings is 1. The lowest BCUT2D eigenvalue weighted by molar-refractivity contribution is -0.122. The Hall–Kier alpha value is -1.75. The van der Waals surface area contributed by atoms with Crippen LogP contribution in [0.25, 0.3) is 6.08 Å². The van der Waals surface area contributed by atoms with Crippen molar-refractivity contribution in [2.45, 2.75) is 13.0 Å². The highest BCUT2D eigenvalue weighted by molar-refractivity contribution is 8.26. The number of alkyl halides is 2. The van der Waals surface area contributed by atoms with Crippen LogP contribution in [0.3, 0.4) is 0 Å². The van der Waals surface area contributed by atoms with Gasteiger partial charge in [0.2, 0.25) is 0 Å². The standard InChI is InChI=1S/C19H22F2N2O4S2/c1-25-14-5-2-4-13(16(14)27-18(20)21)12-15-17(24)23(19(28)29-15)7-3-6-22-8-10-26-11-9-22/h2,4-5,12,18H,3,6-11H2,1H3/b15-12-. The lowest BCUT2D eigenvalue weighted by Crippen LogP contribution is -2.38. The molecule has 1 aromatic rings. The predicted molar refractivity (Wildman–Crippen MR) is 111 cm³/mol. The first-order chi connectivity index (χ1) is 14.0. The van der Waals surface area contributed by atoms with Crippen molar-refractivity contribution in [1.29, 1.82) is 0 Å². The van der Waals surface area contributed by atoms with Crippen molar-refractivity contribution in [2.24, 2.45) is 0 Å². The highest BCUT2D eigenvalue weighted by atomic mass is 32.2. The zero-order valence-electron chi connectivity index (χ0n) is 15.9. The van der Waals surface area contributed by atoms with Gasteiger partial charge in [-0.2, -0.15) is 8.78 Å². The Labute approximate surface area is 177 Å². The molecule has 29 heavy (non-hydrogen) atoms. The second kappa shape index (κ2) is 10.3. The second-order valence-corrected chi connectivity index (χ2v) is 8.07. The quantitative estimate of drug-likeness (QED) is 0.451. The molecule has 6 nitrogen and oxygen atoms in total. The predicted octanol–water partition coefficient (Wildman–Crippen LogP) is 3.22. The molecule has 0 radical (unpaired) electrons. The van der Waals surface area contributed by atoms with E-state index in [1.165, 1.54) is 19.3 Å². The lowest BCUT2D eigenvalue weighted by atomic mass is 10.1. The number of hydrogen-bond acceptors (Lipinski definition) is 7. The number of hydrogen-bond donors (Lipinski definition) is 0. The van der Waals surface area contributed by atoms with Crippen LogP contribution in [0.5, 0.6) is 11.5 Å². The molecule has 0 saturated carbocycles. The molecule has 0 atom stereocenters. The van der Waals surface area contributed by atoms with Crippen molar-refractivity contribution in [1.82, 2.24) is 9.80 Å². The average Bonchev–Trinajstić information content (AvgIpc) is 2.97. The van der Waals surface area contributed by atoms with E-state index in [4.69, 9.17) is 21.7 Å². The Kier molecular flexibility index (Phi) is 7.82. The van der Waals surface area contributed by atoms with Crippen LogP contribution in [0.15, 0.2) is 23.1 Å². The van der Waals surface area contributed by atoms with Gasteiger partial charge in [-0.25, -0.2) is 0 Å². The molecule has 0 bridgehead atoms. The SMILES string of the molecule is COc1cccc(/C=C2\SC(=S)N(CCCN3CCOCC3)C2=O)c1OC(F)F. The van der Waals surface area contributed by atoms with Gasteiger partial charge < -0.3 is 14.2 Å². The summed E-state index contributed by atoms with van der Waals surface area (Å²) in [5.74, 6) is -0.171. The van der Waals surface area contributed by atoms with E-state index in [1.807, 2.05) is 0 Å². The molecule has 0 N–H and O–H groups in total. The average molecular weight is 445 g/mol. The minimum atomic E-state index is -3.01. The number of nitrogens with zero attached hydrogens (tertiary/aromatic N) is 2. The normalized spacial score (nSPS) is 19.4. The summed E-state index contributed by atoms with van der Waals surface area (Å²) in [5.41, 5.74) is 0.332. The van der Waals surface area contributed by atoms with Crippen LogP contribution >= 0.6 is 24.0 Å². The zero-order chi connectivity index (χ0) is 20.8. The Morgan fingerprint density at radius 3 is 2.76 bits per heavy atom. The number of carbonyl (C=O) groups is 1. The van der Waals surface area contributed by atoms with E-state index >= 15 is 0 Å². The molecule has 2 aliphatic heterocycles. The van der Waals surface area contributed by atoms with Gasteiger partial charge in [0.25, 0.3) is 5.91 Å². The van der Waals surface area contributed by atoms with E-state index in [0.717, 1.165) is 51.0 Å². The monoisotopic (exact) mass is 444 g/mol. The molecule has 0 unspecified atom stereocenters. The van der Waals surface area contributed by atoms with E-state index in [0.29, 0.717) is 21.3 Å². The van der Waals surface area contributed by atoms with Gasteiger partial charge in [0.15, 0.2) is 11.5 Å². The lowest BCUT2D eigenvalue weighted by Gasteiger charge is -2.27. The molecule has 10 heteroatoms. The number of rotatable bonds is 8. The topological polar surface area (TPSA) is 51.2 Å². The van der Waals surface area contributed by atoms with Gasteiger partial charge in [0, 0.05) is 31.7 Å². The summed E-state index contributed by atoms with van der Waals surface area (Å²) < 4.78 is 41.1. The Balaban J connectivity index is 1.69. The molecule has 1 amide bonds. The number of thiocarbonyl (C=S) groups is 1. The molecule has 2 aliphatic rings. The minimum absolute atomic E-state index is 0.109. The maximum atomic E-state index is 12.8. The molecule has 2 saturated heterocycles. The first-order valence-electron chi connectivity index (χ1n) is 9.17. The van der Waals surface area contributed by atoms with Crippen molar-refractivity contribution in [3.8, 4) is 11.5 Å². The second-order valence-electron chi connectivity index (χ2n) is 6.40. The molecule has 3 rings (SSSR count). The van der Waals surface area contributed by atoms with Crippen LogP contribution in [0, 0.1) is 0 Å². The highest BCUT2D eigenvalue weighted by Gasteiger charge is 2.32. The summed E-state index contributed by atoms with van der Waals surface area (Å²) in [4.78, 5) is 17.0. The van der Waals surface area contributed by atoms with Crippen LogP contribution in [-0.4, -0.2) is 73.1 Å². The van der Waals surface area contributed by atoms with E-state index < -0.39 is 6.61 Å². The Morgan fingerprint density at radius 2 is 2.07 bits per heavy atom. The fraction of sp³-hybridized carbons (Fsp3) is 0.474. The molecule has 1 aromatic carbocycles.